The van der Waals surface area contributed by atoms with Crippen LogP contribution in [-0.4, -0.2) is 25.0 Å². The number of rotatable bonds is 3. The van der Waals surface area contributed by atoms with Crippen LogP contribution >= 0.6 is 0 Å². The molecule has 0 atom stereocenters. The van der Waals surface area contributed by atoms with E-state index in [1.165, 1.54) is 6.92 Å². The van der Waals surface area contributed by atoms with Crippen LogP contribution in [0.25, 0.3) is 0 Å². The number of carbonyl (C=O) groups is 2. The summed E-state index contributed by atoms with van der Waals surface area (Å²) in [6.07, 6.45) is -0.424. The Morgan fingerprint density at radius 1 is 1.67 bits per heavy atom. The number of hydrogen-bond acceptors (Lipinski definition) is 4. The van der Waals surface area contributed by atoms with Crippen molar-refractivity contribution in [3.63, 3.8) is 0 Å². The third-order valence-corrected chi connectivity index (χ3v) is 0.771. The van der Waals surface area contributed by atoms with Gasteiger partial charge in [0.25, 0.3) is 0 Å². The standard InChI is InChI=1S/C6H10N2O4/c1-3-11-6(10)8-5(2)12-7-4-9/h4H,3H2,1-2H3,(H,7,9)/b8-5+. The molecule has 2 amide bonds. The van der Waals surface area contributed by atoms with Crippen molar-refractivity contribution in [3.05, 3.63) is 0 Å². The van der Waals surface area contributed by atoms with E-state index in [9.17, 15) is 9.59 Å². The van der Waals surface area contributed by atoms with Gasteiger partial charge in [0.2, 0.25) is 12.3 Å². The number of nitrogens with zero attached hydrogens (tertiary/aromatic N) is 1. The van der Waals surface area contributed by atoms with E-state index in [0.717, 1.165) is 0 Å². The summed E-state index contributed by atoms with van der Waals surface area (Å²) < 4.78 is 4.47. The van der Waals surface area contributed by atoms with Gasteiger partial charge in [-0.1, -0.05) is 0 Å². The quantitative estimate of drug-likeness (QED) is 0.288. The first-order valence-corrected chi connectivity index (χ1v) is 3.28. The zero-order valence-corrected chi connectivity index (χ0v) is 6.86. The Kier molecular flexibility index (Phi) is 5.33. The molecular weight excluding hydrogens is 164 g/mol. The predicted octanol–water partition coefficient (Wildman–Crippen LogP) is 0.239. The number of hydroxylamine groups is 1. The highest BCUT2D eigenvalue weighted by Crippen LogP contribution is 1.85. The van der Waals surface area contributed by atoms with E-state index in [0.29, 0.717) is 6.41 Å². The van der Waals surface area contributed by atoms with Crippen LogP contribution in [0.4, 0.5) is 4.79 Å². The molecule has 6 nitrogen and oxygen atoms in total. The highest BCUT2D eigenvalue weighted by molar-refractivity contribution is 5.86. The van der Waals surface area contributed by atoms with E-state index in [2.05, 4.69) is 14.6 Å². The second kappa shape index (κ2) is 6.14. The average Bonchev–Trinajstić information content (AvgIpc) is 2.01. The van der Waals surface area contributed by atoms with Gasteiger partial charge in [-0.15, -0.1) is 4.99 Å². The minimum absolute atomic E-state index is 0.0144. The molecule has 0 aromatic rings. The van der Waals surface area contributed by atoms with Gasteiger partial charge >= 0.3 is 6.09 Å². The van der Waals surface area contributed by atoms with Gasteiger partial charge in [-0.2, -0.15) is 5.48 Å². The lowest BCUT2D eigenvalue weighted by Gasteiger charge is -1.99. The molecule has 0 saturated carbocycles. The molecule has 68 valence electrons. The summed E-state index contributed by atoms with van der Waals surface area (Å²) in [5, 5.41) is 0. The number of amides is 2. The summed E-state index contributed by atoms with van der Waals surface area (Å²) in [7, 11) is 0. The first kappa shape index (κ1) is 10.4. The Hall–Kier alpha value is -1.59. The lowest BCUT2D eigenvalue weighted by Crippen LogP contribution is -2.17. The Labute approximate surface area is 69.5 Å². The monoisotopic (exact) mass is 174 g/mol. The van der Waals surface area contributed by atoms with Crippen molar-refractivity contribution in [2.75, 3.05) is 6.61 Å². The fourth-order valence-electron chi connectivity index (χ4n) is 0.416. The fraction of sp³-hybridized carbons (Fsp3) is 0.500. The third kappa shape index (κ3) is 5.21. The molecule has 0 aliphatic carbocycles. The molecule has 0 unspecified atom stereocenters. The molecule has 0 aliphatic rings. The highest BCUT2D eigenvalue weighted by Gasteiger charge is 1.99. The molecule has 0 aromatic heterocycles. The van der Waals surface area contributed by atoms with Gasteiger partial charge in [-0.05, 0) is 6.92 Å². The first-order chi connectivity index (χ1) is 5.70. The Balaban J connectivity index is 3.80. The molecule has 0 heterocycles. The van der Waals surface area contributed by atoms with E-state index >= 15 is 0 Å². The zero-order valence-electron chi connectivity index (χ0n) is 6.86. The summed E-state index contributed by atoms with van der Waals surface area (Å²) in [6.45, 7) is 3.32. The summed E-state index contributed by atoms with van der Waals surface area (Å²) in [6, 6.07) is 0. The average molecular weight is 174 g/mol. The van der Waals surface area contributed by atoms with E-state index in [1.807, 2.05) is 5.48 Å². The minimum atomic E-state index is -0.748. The Morgan fingerprint density at radius 3 is 2.83 bits per heavy atom. The summed E-state index contributed by atoms with van der Waals surface area (Å²) in [4.78, 5) is 28.1. The minimum Gasteiger partial charge on any atom is -0.448 e. The third-order valence-electron chi connectivity index (χ3n) is 0.771. The van der Waals surface area contributed by atoms with Gasteiger partial charge in [-0.25, -0.2) is 4.79 Å². The lowest BCUT2D eigenvalue weighted by molar-refractivity contribution is -0.115. The maximum atomic E-state index is 10.6. The smallest absolute Gasteiger partial charge is 0.436 e. The molecule has 0 rings (SSSR count). The van der Waals surface area contributed by atoms with E-state index < -0.39 is 6.09 Å². The van der Waals surface area contributed by atoms with Crippen LogP contribution in [0.15, 0.2) is 4.99 Å². The van der Waals surface area contributed by atoms with Crippen LogP contribution in [0.1, 0.15) is 13.8 Å². The fourth-order valence-corrected chi connectivity index (χ4v) is 0.416. The van der Waals surface area contributed by atoms with Gasteiger partial charge in [0.05, 0.1) is 6.61 Å². The second-order valence-corrected chi connectivity index (χ2v) is 1.67. The van der Waals surface area contributed by atoms with E-state index in [4.69, 9.17) is 0 Å². The summed E-state index contributed by atoms with van der Waals surface area (Å²) in [5.41, 5.74) is 1.88. The zero-order chi connectivity index (χ0) is 9.40. The second-order valence-electron chi connectivity index (χ2n) is 1.67. The van der Waals surface area contributed by atoms with E-state index in [1.54, 1.807) is 6.92 Å². The molecule has 0 spiro atoms. The molecule has 6 heteroatoms. The van der Waals surface area contributed by atoms with Gasteiger partial charge in [0, 0.05) is 6.92 Å². The van der Waals surface area contributed by atoms with Crippen molar-refractivity contribution in [2.24, 2.45) is 4.99 Å². The van der Waals surface area contributed by atoms with Crippen LogP contribution in [0.2, 0.25) is 0 Å². The van der Waals surface area contributed by atoms with Crippen molar-refractivity contribution in [3.8, 4) is 0 Å². The van der Waals surface area contributed by atoms with Gasteiger partial charge in [0.1, 0.15) is 0 Å². The highest BCUT2D eigenvalue weighted by atomic mass is 16.7. The van der Waals surface area contributed by atoms with Gasteiger partial charge in [0.15, 0.2) is 0 Å². The largest absolute Gasteiger partial charge is 0.448 e. The van der Waals surface area contributed by atoms with Crippen molar-refractivity contribution in [2.45, 2.75) is 13.8 Å². The van der Waals surface area contributed by atoms with Gasteiger partial charge < -0.3 is 9.57 Å². The van der Waals surface area contributed by atoms with E-state index in [-0.39, 0.29) is 12.5 Å². The molecule has 0 saturated heterocycles. The Bertz CT molecular complexity index is 190. The number of hydrogen-bond donors (Lipinski definition) is 1. The number of aliphatic imine (C=N–C) groups is 1. The molecular formula is C6H10N2O4. The number of carbonyl (C=O) groups excluding carboxylic acids is 2. The van der Waals surface area contributed by atoms with Crippen molar-refractivity contribution in [1.29, 1.82) is 0 Å². The number of nitrogens with one attached hydrogen (secondary N) is 1. The first-order valence-electron chi connectivity index (χ1n) is 3.28. The summed E-state index contributed by atoms with van der Waals surface area (Å²) in [5.74, 6) is 0.0144. The molecule has 1 N–H and O–H groups in total. The topological polar surface area (TPSA) is 77.0 Å². The molecule has 12 heavy (non-hydrogen) atoms. The van der Waals surface area contributed by atoms with Gasteiger partial charge in [-0.3, -0.25) is 4.79 Å². The van der Waals surface area contributed by atoms with Crippen molar-refractivity contribution >= 4 is 18.4 Å². The molecule has 0 fully saturated rings. The van der Waals surface area contributed by atoms with Crippen molar-refractivity contribution in [1.82, 2.24) is 5.48 Å². The molecule has 0 aromatic carbocycles. The van der Waals surface area contributed by atoms with Crippen LogP contribution in [-0.2, 0) is 14.4 Å². The maximum Gasteiger partial charge on any atom is 0.436 e. The van der Waals surface area contributed by atoms with Crippen LogP contribution < -0.4 is 5.48 Å². The number of ether oxygens (including phenoxy) is 1. The van der Waals surface area contributed by atoms with Crippen LogP contribution in [0.5, 0.6) is 0 Å². The lowest BCUT2D eigenvalue weighted by atomic mass is 10.8. The normalized spacial score (nSPS) is 10.3. The predicted molar refractivity (Wildman–Crippen MR) is 40.4 cm³/mol. The molecule has 0 aliphatic heterocycles. The molecule has 0 radical (unpaired) electrons. The summed E-state index contributed by atoms with van der Waals surface area (Å²) >= 11 is 0. The maximum absolute atomic E-state index is 10.6. The van der Waals surface area contributed by atoms with Crippen LogP contribution in [0, 0.1) is 0 Å². The van der Waals surface area contributed by atoms with Crippen molar-refractivity contribution < 1.29 is 19.2 Å². The van der Waals surface area contributed by atoms with Crippen LogP contribution in [0.3, 0.4) is 0 Å². The molecule has 0 bridgehead atoms. The SMILES string of the molecule is CCOC(=O)/N=C(\C)ONC=O. The Morgan fingerprint density at radius 2 is 2.33 bits per heavy atom.